The Bertz CT molecular complexity index is 404. The predicted molar refractivity (Wildman–Crippen MR) is 65.2 cm³/mol. The average Bonchev–Trinajstić information content (AvgIpc) is 2.97. The van der Waals surface area contributed by atoms with Gasteiger partial charge in [0.2, 0.25) is 0 Å². The number of hydrogen-bond donors (Lipinski definition) is 1. The summed E-state index contributed by atoms with van der Waals surface area (Å²) in [6, 6.07) is 3.31. The summed E-state index contributed by atoms with van der Waals surface area (Å²) < 4.78 is 20.0. The van der Waals surface area contributed by atoms with E-state index in [1.165, 1.54) is 6.07 Å². The van der Waals surface area contributed by atoms with Crippen LogP contribution >= 0.6 is 15.9 Å². The number of nitrogens with two attached hydrogens (primary N) is 1. The van der Waals surface area contributed by atoms with E-state index in [-0.39, 0.29) is 11.2 Å². The molecule has 0 radical (unpaired) electrons. The molecule has 2 nitrogen and oxygen atoms in total. The molecule has 2 rings (SSSR count). The lowest BCUT2D eigenvalue weighted by Crippen LogP contribution is -2.16. The van der Waals surface area contributed by atoms with Gasteiger partial charge in [-0.2, -0.15) is 0 Å². The highest BCUT2D eigenvalue weighted by Crippen LogP contribution is 2.54. The summed E-state index contributed by atoms with van der Waals surface area (Å²) in [5.41, 5.74) is 6.21. The Morgan fingerprint density at radius 1 is 1.50 bits per heavy atom. The maximum Gasteiger partial charge on any atom is 0.131 e. The lowest BCUT2D eigenvalue weighted by Gasteiger charge is -2.19. The minimum Gasteiger partial charge on any atom is -0.496 e. The molecule has 1 aliphatic rings. The van der Waals surface area contributed by atoms with Crippen molar-refractivity contribution in [2.75, 3.05) is 13.7 Å². The molecule has 0 unspecified atom stereocenters. The van der Waals surface area contributed by atoms with Crippen LogP contribution in [-0.2, 0) is 5.41 Å². The zero-order valence-electron chi connectivity index (χ0n) is 9.22. The van der Waals surface area contributed by atoms with E-state index in [4.69, 9.17) is 10.5 Å². The van der Waals surface area contributed by atoms with Crippen LogP contribution in [0.3, 0.4) is 0 Å². The Kier molecular flexibility index (Phi) is 3.22. The van der Waals surface area contributed by atoms with Crippen LogP contribution in [-0.4, -0.2) is 13.7 Å². The summed E-state index contributed by atoms with van der Waals surface area (Å²) in [5.74, 6) is 0.426. The molecule has 1 saturated carbocycles. The van der Waals surface area contributed by atoms with Gasteiger partial charge in [-0.15, -0.1) is 0 Å². The Hall–Kier alpha value is -0.610. The highest BCUT2D eigenvalue weighted by Gasteiger charge is 2.47. The largest absolute Gasteiger partial charge is 0.496 e. The number of hydrogen-bond acceptors (Lipinski definition) is 2. The van der Waals surface area contributed by atoms with Gasteiger partial charge in [-0.05, 0) is 37.9 Å². The van der Waals surface area contributed by atoms with Gasteiger partial charge in [0.25, 0.3) is 0 Å². The van der Waals surface area contributed by atoms with E-state index < -0.39 is 0 Å². The van der Waals surface area contributed by atoms with Gasteiger partial charge in [-0.25, -0.2) is 4.39 Å². The predicted octanol–water partition coefficient (Wildman–Crippen LogP) is 2.98. The number of rotatable bonds is 4. The summed E-state index contributed by atoms with van der Waals surface area (Å²) >= 11 is 3.27. The van der Waals surface area contributed by atoms with Crippen LogP contribution in [0.4, 0.5) is 4.39 Å². The number of halogens is 2. The van der Waals surface area contributed by atoms with E-state index in [2.05, 4.69) is 15.9 Å². The van der Waals surface area contributed by atoms with Gasteiger partial charge in [0, 0.05) is 15.5 Å². The molecule has 0 atom stereocenters. The van der Waals surface area contributed by atoms with Gasteiger partial charge in [-0.3, -0.25) is 0 Å². The first-order valence-corrected chi connectivity index (χ1v) is 6.16. The molecule has 1 aromatic rings. The molecule has 0 bridgehead atoms. The molecule has 2 N–H and O–H groups in total. The van der Waals surface area contributed by atoms with E-state index in [0.717, 1.165) is 19.3 Å². The molecule has 0 saturated heterocycles. The second-order valence-electron chi connectivity index (χ2n) is 4.28. The number of benzene rings is 1. The van der Waals surface area contributed by atoms with Crippen molar-refractivity contribution in [3.63, 3.8) is 0 Å². The Balaban J connectivity index is 2.47. The highest BCUT2D eigenvalue weighted by atomic mass is 79.9. The van der Waals surface area contributed by atoms with Crippen LogP contribution in [0.5, 0.6) is 5.75 Å². The fourth-order valence-electron chi connectivity index (χ4n) is 2.28. The second kappa shape index (κ2) is 4.34. The zero-order valence-corrected chi connectivity index (χ0v) is 10.8. The lowest BCUT2D eigenvalue weighted by molar-refractivity contribution is 0.394. The van der Waals surface area contributed by atoms with E-state index in [0.29, 0.717) is 22.3 Å². The van der Waals surface area contributed by atoms with Crippen LogP contribution in [0.15, 0.2) is 16.6 Å². The summed E-state index contributed by atoms with van der Waals surface area (Å²) in [6.07, 6.45) is 2.82. The van der Waals surface area contributed by atoms with Gasteiger partial charge in [0.05, 0.1) is 7.11 Å². The van der Waals surface area contributed by atoms with Crippen molar-refractivity contribution in [1.29, 1.82) is 0 Å². The van der Waals surface area contributed by atoms with E-state index in [1.807, 2.05) is 6.07 Å². The van der Waals surface area contributed by atoms with Gasteiger partial charge >= 0.3 is 0 Å². The zero-order chi connectivity index (χ0) is 11.8. The smallest absolute Gasteiger partial charge is 0.131 e. The highest BCUT2D eigenvalue weighted by molar-refractivity contribution is 9.10. The van der Waals surface area contributed by atoms with Gasteiger partial charge in [0.15, 0.2) is 0 Å². The quantitative estimate of drug-likeness (QED) is 0.924. The molecule has 0 aliphatic heterocycles. The first-order chi connectivity index (χ1) is 7.63. The molecule has 88 valence electrons. The van der Waals surface area contributed by atoms with Crippen molar-refractivity contribution < 1.29 is 9.13 Å². The van der Waals surface area contributed by atoms with Crippen LogP contribution in [0.25, 0.3) is 0 Å². The average molecular weight is 288 g/mol. The fraction of sp³-hybridized carbons (Fsp3) is 0.500. The van der Waals surface area contributed by atoms with Crippen LogP contribution in [0.2, 0.25) is 0 Å². The van der Waals surface area contributed by atoms with Crippen molar-refractivity contribution in [3.05, 3.63) is 28.0 Å². The van der Waals surface area contributed by atoms with E-state index in [9.17, 15) is 4.39 Å². The second-order valence-corrected chi connectivity index (χ2v) is 5.20. The third kappa shape index (κ3) is 1.96. The Labute approximate surface area is 103 Å². The van der Waals surface area contributed by atoms with Gasteiger partial charge in [-0.1, -0.05) is 15.9 Å². The molecular formula is C12H15BrFNO. The molecule has 0 amide bonds. The number of methoxy groups -OCH3 is 1. The monoisotopic (exact) mass is 287 g/mol. The third-order valence-corrected chi connectivity index (χ3v) is 3.70. The van der Waals surface area contributed by atoms with Crippen LogP contribution in [0.1, 0.15) is 24.8 Å². The molecule has 0 heterocycles. The van der Waals surface area contributed by atoms with E-state index >= 15 is 0 Å². The normalized spacial score (nSPS) is 17.2. The minimum absolute atomic E-state index is 0.0785. The summed E-state index contributed by atoms with van der Waals surface area (Å²) in [5, 5.41) is 0. The van der Waals surface area contributed by atoms with Crippen molar-refractivity contribution >= 4 is 15.9 Å². The molecular weight excluding hydrogens is 273 g/mol. The van der Waals surface area contributed by atoms with Crippen LogP contribution in [0, 0.1) is 5.82 Å². The molecule has 0 aromatic heterocycles. The fourth-order valence-corrected chi connectivity index (χ4v) is 2.69. The maximum absolute atomic E-state index is 14.0. The lowest BCUT2D eigenvalue weighted by atomic mass is 9.91. The van der Waals surface area contributed by atoms with Gasteiger partial charge in [0.1, 0.15) is 11.6 Å². The first-order valence-electron chi connectivity index (χ1n) is 5.36. The number of ether oxygens (including phenoxy) is 1. The Morgan fingerprint density at radius 3 is 2.69 bits per heavy atom. The van der Waals surface area contributed by atoms with Crippen molar-refractivity contribution in [3.8, 4) is 5.75 Å². The molecule has 16 heavy (non-hydrogen) atoms. The minimum atomic E-state index is -0.197. The first kappa shape index (κ1) is 11.9. The molecule has 1 fully saturated rings. The van der Waals surface area contributed by atoms with Crippen molar-refractivity contribution in [1.82, 2.24) is 0 Å². The molecule has 0 spiro atoms. The summed E-state index contributed by atoms with van der Waals surface area (Å²) in [6.45, 7) is 0.582. The van der Waals surface area contributed by atoms with Crippen molar-refractivity contribution in [2.24, 2.45) is 5.73 Å². The summed E-state index contributed by atoms with van der Waals surface area (Å²) in [7, 11) is 1.57. The van der Waals surface area contributed by atoms with Gasteiger partial charge < -0.3 is 10.5 Å². The summed E-state index contributed by atoms with van der Waals surface area (Å²) in [4.78, 5) is 0. The molecule has 4 heteroatoms. The van der Waals surface area contributed by atoms with Crippen molar-refractivity contribution in [2.45, 2.75) is 24.7 Å². The third-order valence-electron chi connectivity index (χ3n) is 3.25. The topological polar surface area (TPSA) is 35.2 Å². The van der Waals surface area contributed by atoms with E-state index in [1.54, 1.807) is 7.11 Å². The van der Waals surface area contributed by atoms with Crippen LogP contribution < -0.4 is 10.5 Å². The standard InChI is InChI=1S/C12H15BrFNO/c1-16-10-7-8(13)6-9(14)11(10)12(2-3-12)4-5-15/h6-7H,2-5,15H2,1H3. The molecule has 1 aliphatic carbocycles. The maximum atomic E-state index is 14.0. The Morgan fingerprint density at radius 2 is 2.19 bits per heavy atom. The molecule has 1 aromatic carbocycles. The SMILES string of the molecule is COc1cc(Br)cc(F)c1C1(CCN)CC1.